The number of amides is 1. The highest BCUT2D eigenvalue weighted by Crippen LogP contribution is 2.14. The highest BCUT2D eigenvalue weighted by Gasteiger charge is 2.11. The van der Waals surface area contributed by atoms with E-state index < -0.39 is 0 Å². The molecule has 2 rings (SSSR count). The van der Waals surface area contributed by atoms with Gasteiger partial charge in [-0.25, -0.2) is 0 Å². The lowest BCUT2D eigenvalue weighted by Crippen LogP contribution is -2.28. The predicted molar refractivity (Wildman–Crippen MR) is 99.2 cm³/mol. The van der Waals surface area contributed by atoms with Crippen molar-refractivity contribution in [2.45, 2.75) is 33.6 Å². The van der Waals surface area contributed by atoms with E-state index >= 15 is 0 Å². The fourth-order valence-electron chi connectivity index (χ4n) is 2.55. The molecule has 0 aliphatic rings. The molecule has 0 atom stereocenters. The highest BCUT2D eigenvalue weighted by molar-refractivity contribution is 5.99. The number of hydrogen-bond acceptors (Lipinski definition) is 3. The van der Waals surface area contributed by atoms with Crippen molar-refractivity contribution in [2.75, 3.05) is 13.2 Å². The smallest absolute Gasteiger partial charge is 0.220 e. The predicted octanol–water partition coefficient (Wildman–Crippen LogP) is 3.77. The Kier molecular flexibility index (Phi) is 6.75. The molecule has 0 saturated carbocycles. The normalized spacial score (nSPS) is 10.4. The van der Waals surface area contributed by atoms with Crippen LogP contribution < -0.4 is 10.1 Å². The van der Waals surface area contributed by atoms with E-state index in [2.05, 4.69) is 5.32 Å². The van der Waals surface area contributed by atoms with Crippen LogP contribution in [0.4, 0.5) is 0 Å². The number of ketones is 1. The second-order valence-corrected chi connectivity index (χ2v) is 6.26. The fourth-order valence-corrected chi connectivity index (χ4v) is 2.55. The number of rotatable bonds is 8. The molecule has 0 fully saturated rings. The topological polar surface area (TPSA) is 55.4 Å². The largest absolute Gasteiger partial charge is 0.492 e. The number of nitrogens with one attached hydrogen (secondary N) is 1. The van der Waals surface area contributed by atoms with E-state index in [4.69, 9.17) is 4.74 Å². The number of hydrogen-bond donors (Lipinski definition) is 1. The summed E-state index contributed by atoms with van der Waals surface area (Å²) >= 11 is 0. The average molecular weight is 339 g/mol. The van der Waals surface area contributed by atoms with E-state index in [1.165, 1.54) is 0 Å². The molecule has 0 spiro atoms. The second-order valence-electron chi connectivity index (χ2n) is 6.26. The highest BCUT2D eigenvalue weighted by atomic mass is 16.5. The van der Waals surface area contributed by atoms with Gasteiger partial charge in [0.2, 0.25) is 5.91 Å². The molecule has 0 saturated heterocycles. The van der Waals surface area contributed by atoms with Crippen molar-refractivity contribution in [1.82, 2.24) is 5.32 Å². The zero-order valence-electron chi connectivity index (χ0n) is 15.1. The molecular weight excluding hydrogens is 314 g/mol. The molecule has 4 nitrogen and oxygen atoms in total. The van der Waals surface area contributed by atoms with Crippen LogP contribution in [0.15, 0.2) is 42.5 Å². The fraction of sp³-hybridized carbons (Fsp3) is 0.333. The van der Waals surface area contributed by atoms with Crippen LogP contribution >= 0.6 is 0 Å². The maximum atomic E-state index is 12.3. The molecule has 0 unspecified atom stereocenters. The van der Waals surface area contributed by atoms with Crippen LogP contribution in [0.1, 0.15) is 39.9 Å². The van der Waals surface area contributed by atoms with Crippen LogP contribution in [-0.4, -0.2) is 24.8 Å². The first kappa shape index (κ1) is 18.7. The molecule has 0 aliphatic heterocycles. The van der Waals surface area contributed by atoms with Crippen LogP contribution in [0.3, 0.4) is 0 Å². The number of Topliss-reactive ketones (excluding diaryl/α,β-unsaturated/α-hetero) is 1. The Morgan fingerprint density at radius 1 is 0.960 bits per heavy atom. The minimum absolute atomic E-state index is 0.00682. The molecule has 4 heteroatoms. The van der Waals surface area contributed by atoms with Crippen molar-refractivity contribution >= 4 is 11.7 Å². The summed E-state index contributed by atoms with van der Waals surface area (Å²) in [6.07, 6.45) is 0.408. The SMILES string of the molecule is Cc1cccc(OCCNC(=O)CCC(=O)c2cc(C)ccc2C)c1. The molecule has 0 heterocycles. The van der Waals surface area contributed by atoms with Crippen LogP contribution in [0.25, 0.3) is 0 Å². The summed E-state index contributed by atoms with van der Waals surface area (Å²) in [5.41, 5.74) is 3.83. The van der Waals surface area contributed by atoms with Crippen molar-refractivity contribution < 1.29 is 14.3 Å². The van der Waals surface area contributed by atoms with Crippen LogP contribution in [0.2, 0.25) is 0 Å². The Bertz CT molecular complexity index is 753. The van der Waals surface area contributed by atoms with Crippen molar-refractivity contribution in [2.24, 2.45) is 0 Å². The lowest BCUT2D eigenvalue weighted by molar-refractivity contribution is -0.121. The van der Waals surface area contributed by atoms with Crippen molar-refractivity contribution in [3.8, 4) is 5.75 Å². The van der Waals surface area contributed by atoms with E-state index in [9.17, 15) is 9.59 Å². The lowest BCUT2D eigenvalue weighted by Gasteiger charge is -2.09. The minimum Gasteiger partial charge on any atom is -0.492 e. The van der Waals surface area contributed by atoms with E-state index in [0.29, 0.717) is 18.7 Å². The van der Waals surface area contributed by atoms with E-state index in [0.717, 1.165) is 22.4 Å². The first-order chi connectivity index (χ1) is 12.0. The van der Waals surface area contributed by atoms with Gasteiger partial charge >= 0.3 is 0 Å². The molecule has 2 aromatic carbocycles. The lowest BCUT2D eigenvalue weighted by atomic mass is 9.99. The maximum Gasteiger partial charge on any atom is 0.220 e. The van der Waals surface area contributed by atoms with Gasteiger partial charge in [-0.1, -0.05) is 29.8 Å². The van der Waals surface area contributed by atoms with Crippen LogP contribution in [0, 0.1) is 20.8 Å². The summed E-state index contributed by atoms with van der Waals surface area (Å²) in [6, 6.07) is 13.6. The summed E-state index contributed by atoms with van der Waals surface area (Å²) < 4.78 is 5.58. The van der Waals surface area contributed by atoms with Crippen molar-refractivity contribution in [1.29, 1.82) is 0 Å². The summed E-state index contributed by atoms with van der Waals surface area (Å²) in [6.45, 7) is 6.69. The maximum absolute atomic E-state index is 12.3. The average Bonchev–Trinajstić information content (AvgIpc) is 2.59. The van der Waals surface area contributed by atoms with Crippen LogP contribution in [0.5, 0.6) is 5.75 Å². The van der Waals surface area contributed by atoms with Gasteiger partial charge in [0.15, 0.2) is 5.78 Å². The molecule has 0 aromatic heterocycles. The molecule has 2 aromatic rings. The van der Waals surface area contributed by atoms with Gasteiger partial charge in [-0.2, -0.15) is 0 Å². The number of carbonyl (C=O) groups is 2. The molecule has 0 bridgehead atoms. The third kappa shape index (κ3) is 6.07. The molecule has 1 N–H and O–H groups in total. The molecular formula is C21H25NO3. The van der Waals surface area contributed by atoms with Crippen LogP contribution in [-0.2, 0) is 4.79 Å². The Balaban J connectivity index is 1.70. The summed E-state index contributed by atoms with van der Waals surface area (Å²) in [5, 5.41) is 2.78. The Labute approximate surface area is 149 Å². The second kappa shape index (κ2) is 9.02. The van der Waals surface area contributed by atoms with Gasteiger partial charge in [-0.05, 0) is 50.1 Å². The summed E-state index contributed by atoms with van der Waals surface area (Å²) in [7, 11) is 0. The Hall–Kier alpha value is -2.62. The van der Waals surface area contributed by atoms with E-state index in [-0.39, 0.29) is 24.5 Å². The third-order valence-electron chi connectivity index (χ3n) is 3.96. The molecule has 0 aliphatic carbocycles. The molecule has 25 heavy (non-hydrogen) atoms. The van der Waals surface area contributed by atoms with Gasteiger partial charge < -0.3 is 10.1 Å². The standard InChI is InChI=1S/C21H25NO3/c1-15-5-4-6-18(13-15)25-12-11-22-21(24)10-9-20(23)19-14-16(2)7-8-17(19)3/h4-8,13-14H,9-12H2,1-3H3,(H,22,24). The first-order valence-corrected chi connectivity index (χ1v) is 8.52. The third-order valence-corrected chi connectivity index (χ3v) is 3.96. The minimum atomic E-state index is -0.133. The quantitative estimate of drug-likeness (QED) is 0.588. The molecule has 0 radical (unpaired) electrons. The number of carbonyl (C=O) groups excluding carboxylic acids is 2. The number of aryl methyl sites for hydroxylation is 3. The Morgan fingerprint density at radius 2 is 1.72 bits per heavy atom. The van der Waals surface area contributed by atoms with Gasteiger partial charge in [0.05, 0.1) is 6.54 Å². The van der Waals surface area contributed by atoms with Gasteiger partial charge in [0, 0.05) is 18.4 Å². The van der Waals surface area contributed by atoms with Gasteiger partial charge in [-0.3, -0.25) is 9.59 Å². The Morgan fingerprint density at radius 3 is 2.48 bits per heavy atom. The van der Waals surface area contributed by atoms with Gasteiger partial charge in [-0.15, -0.1) is 0 Å². The zero-order valence-corrected chi connectivity index (χ0v) is 15.1. The van der Waals surface area contributed by atoms with Crippen molar-refractivity contribution in [3.63, 3.8) is 0 Å². The summed E-state index contributed by atoms with van der Waals surface area (Å²) in [4.78, 5) is 24.1. The monoisotopic (exact) mass is 339 g/mol. The van der Waals surface area contributed by atoms with E-state index in [1.54, 1.807) is 0 Å². The van der Waals surface area contributed by atoms with Crippen molar-refractivity contribution in [3.05, 3.63) is 64.7 Å². The number of ether oxygens (including phenoxy) is 1. The van der Waals surface area contributed by atoms with Gasteiger partial charge in [0.25, 0.3) is 0 Å². The molecule has 132 valence electrons. The summed E-state index contributed by atoms with van der Waals surface area (Å²) in [5.74, 6) is 0.665. The zero-order chi connectivity index (χ0) is 18.2. The van der Waals surface area contributed by atoms with Gasteiger partial charge in [0.1, 0.15) is 12.4 Å². The number of benzene rings is 2. The first-order valence-electron chi connectivity index (χ1n) is 8.52. The van der Waals surface area contributed by atoms with E-state index in [1.807, 2.05) is 63.2 Å². The molecule has 1 amide bonds.